The van der Waals surface area contributed by atoms with Crippen LogP contribution in [0.4, 0.5) is 14.5 Å². The highest BCUT2D eigenvalue weighted by Gasteiger charge is 2.33. The first kappa shape index (κ1) is 14.2. The van der Waals surface area contributed by atoms with Crippen LogP contribution in [0.5, 0.6) is 0 Å². The maximum Gasteiger partial charge on any atom is 0.243 e. The van der Waals surface area contributed by atoms with Crippen molar-refractivity contribution in [1.82, 2.24) is 4.72 Å². The first-order chi connectivity index (χ1) is 8.73. The molecule has 1 fully saturated rings. The first-order valence-corrected chi connectivity index (χ1v) is 7.46. The van der Waals surface area contributed by atoms with E-state index >= 15 is 0 Å². The molecule has 1 aromatic rings. The van der Waals surface area contributed by atoms with Crippen LogP contribution in [0.1, 0.15) is 26.2 Å². The molecular formula is C12H16F2N2O2S. The summed E-state index contributed by atoms with van der Waals surface area (Å²) in [5.74, 6) is -2.11. The summed E-state index contributed by atoms with van der Waals surface area (Å²) in [6, 6.07) is 1.28. The fourth-order valence-electron chi connectivity index (χ4n) is 2.05. The largest absolute Gasteiger partial charge is 0.396 e. The fourth-order valence-corrected chi connectivity index (χ4v) is 3.35. The van der Waals surface area contributed by atoms with Gasteiger partial charge in [-0.15, -0.1) is 0 Å². The van der Waals surface area contributed by atoms with E-state index in [1.807, 2.05) is 6.92 Å². The lowest BCUT2D eigenvalue weighted by Crippen LogP contribution is -2.40. The quantitative estimate of drug-likeness (QED) is 0.833. The molecule has 19 heavy (non-hydrogen) atoms. The Hall–Kier alpha value is -1.21. The number of sulfonamides is 1. The SMILES string of the molecule is CC1(CNS(=O)(=O)c2cc(N)c(F)cc2F)CCC1. The Kier molecular flexibility index (Phi) is 3.53. The van der Waals surface area contributed by atoms with Gasteiger partial charge in [0.15, 0.2) is 0 Å². The lowest BCUT2D eigenvalue weighted by molar-refractivity contribution is 0.166. The molecule has 1 aromatic carbocycles. The number of rotatable bonds is 4. The molecule has 7 heteroatoms. The number of nitrogen functional groups attached to an aromatic ring is 1. The lowest BCUT2D eigenvalue weighted by Gasteiger charge is -2.38. The van der Waals surface area contributed by atoms with Crippen LogP contribution in [0, 0.1) is 17.0 Å². The zero-order valence-electron chi connectivity index (χ0n) is 10.5. The minimum Gasteiger partial charge on any atom is -0.396 e. The van der Waals surface area contributed by atoms with E-state index in [2.05, 4.69) is 4.72 Å². The minimum absolute atomic E-state index is 0.0743. The summed E-state index contributed by atoms with van der Waals surface area (Å²) in [6.45, 7) is 2.21. The average Bonchev–Trinajstić information content (AvgIpc) is 2.28. The van der Waals surface area contributed by atoms with Gasteiger partial charge in [-0.2, -0.15) is 0 Å². The molecule has 106 valence electrons. The minimum atomic E-state index is -4.01. The van der Waals surface area contributed by atoms with E-state index in [0.717, 1.165) is 25.3 Å². The molecule has 0 saturated heterocycles. The Morgan fingerprint density at radius 1 is 1.32 bits per heavy atom. The second kappa shape index (κ2) is 4.72. The van der Waals surface area contributed by atoms with Crippen LogP contribution in [0.25, 0.3) is 0 Å². The molecule has 0 radical (unpaired) electrons. The van der Waals surface area contributed by atoms with Gasteiger partial charge in [-0.05, 0) is 24.3 Å². The second-order valence-corrected chi connectivity index (χ2v) is 7.03. The first-order valence-electron chi connectivity index (χ1n) is 5.98. The molecule has 3 N–H and O–H groups in total. The smallest absolute Gasteiger partial charge is 0.243 e. The van der Waals surface area contributed by atoms with Crippen LogP contribution in [0.15, 0.2) is 17.0 Å². The van der Waals surface area contributed by atoms with Gasteiger partial charge in [-0.25, -0.2) is 21.9 Å². The van der Waals surface area contributed by atoms with Crippen molar-refractivity contribution in [3.05, 3.63) is 23.8 Å². The predicted molar refractivity (Wildman–Crippen MR) is 67.9 cm³/mol. The van der Waals surface area contributed by atoms with Gasteiger partial charge in [0, 0.05) is 12.6 Å². The molecule has 0 unspecified atom stereocenters. The summed E-state index contributed by atoms with van der Waals surface area (Å²) < 4.78 is 52.8. The molecule has 0 aromatic heterocycles. The number of halogens is 2. The Labute approximate surface area is 111 Å². The third kappa shape index (κ3) is 2.87. The lowest BCUT2D eigenvalue weighted by atomic mass is 9.71. The molecule has 0 aliphatic heterocycles. The number of hydrogen-bond donors (Lipinski definition) is 2. The fraction of sp³-hybridized carbons (Fsp3) is 0.500. The number of anilines is 1. The van der Waals surface area contributed by atoms with Gasteiger partial charge in [-0.3, -0.25) is 0 Å². The highest BCUT2D eigenvalue weighted by molar-refractivity contribution is 7.89. The van der Waals surface area contributed by atoms with Crippen LogP contribution in [0.3, 0.4) is 0 Å². The molecule has 1 saturated carbocycles. The van der Waals surface area contributed by atoms with Crippen LogP contribution in [-0.2, 0) is 10.0 Å². The van der Waals surface area contributed by atoms with E-state index in [9.17, 15) is 17.2 Å². The summed E-state index contributed by atoms with van der Waals surface area (Å²) in [4.78, 5) is -0.616. The van der Waals surface area contributed by atoms with E-state index < -0.39 is 32.2 Å². The zero-order chi connectivity index (χ0) is 14.3. The number of nitrogens with one attached hydrogen (secondary N) is 1. The van der Waals surface area contributed by atoms with Gasteiger partial charge >= 0.3 is 0 Å². The van der Waals surface area contributed by atoms with Crippen LogP contribution in [0.2, 0.25) is 0 Å². The second-order valence-electron chi connectivity index (χ2n) is 5.29. The topological polar surface area (TPSA) is 72.2 Å². The summed E-state index contributed by atoms with van der Waals surface area (Å²) in [6.07, 6.45) is 2.93. The molecule has 1 aliphatic carbocycles. The Morgan fingerprint density at radius 3 is 2.47 bits per heavy atom. The average molecular weight is 290 g/mol. The van der Waals surface area contributed by atoms with E-state index in [1.165, 1.54) is 0 Å². The molecule has 2 rings (SSSR count). The predicted octanol–water partition coefficient (Wildman–Crippen LogP) is 2.02. The van der Waals surface area contributed by atoms with E-state index in [-0.39, 0.29) is 12.0 Å². The van der Waals surface area contributed by atoms with E-state index in [0.29, 0.717) is 6.07 Å². The molecule has 0 amide bonds. The molecule has 0 atom stereocenters. The molecule has 0 heterocycles. The van der Waals surface area contributed by atoms with Crippen molar-refractivity contribution in [3.63, 3.8) is 0 Å². The Morgan fingerprint density at radius 2 is 1.95 bits per heavy atom. The van der Waals surface area contributed by atoms with Gasteiger partial charge in [0.1, 0.15) is 16.5 Å². The summed E-state index contributed by atoms with van der Waals surface area (Å²) in [7, 11) is -4.01. The summed E-state index contributed by atoms with van der Waals surface area (Å²) in [5.41, 5.74) is 4.81. The summed E-state index contributed by atoms with van der Waals surface area (Å²) in [5, 5.41) is 0. The summed E-state index contributed by atoms with van der Waals surface area (Å²) >= 11 is 0. The monoisotopic (exact) mass is 290 g/mol. The Bertz CT molecular complexity index is 598. The van der Waals surface area contributed by atoms with Crippen molar-refractivity contribution in [2.24, 2.45) is 5.41 Å². The van der Waals surface area contributed by atoms with Gasteiger partial charge < -0.3 is 5.73 Å². The van der Waals surface area contributed by atoms with Crippen molar-refractivity contribution in [1.29, 1.82) is 0 Å². The highest BCUT2D eigenvalue weighted by Crippen LogP contribution is 2.39. The van der Waals surface area contributed by atoms with Crippen LogP contribution >= 0.6 is 0 Å². The van der Waals surface area contributed by atoms with Gasteiger partial charge in [0.05, 0.1) is 5.69 Å². The molecule has 4 nitrogen and oxygen atoms in total. The van der Waals surface area contributed by atoms with Crippen molar-refractivity contribution < 1.29 is 17.2 Å². The van der Waals surface area contributed by atoms with Crippen LogP contribution < -0.4 is 10.5 Å². The van der Waals surface area contributed by atoms with E-state index in [4.69, 9.17) is 5.73 Å². The molecule has 0 spiro atoms. The van der Waals surface area contributed by atoms with Crippen molar-refractivity contribution in [2.75, 3.05) is 12.3 Å². The third-order valence-corrected chi connectivity index (χ3v) is 5.01. The van der Waals surface area contributed by atoms with E-state index in [1.54, 1.807) is 0 Å². The number of hydrogen-bond acceptors (Lipinski definition) is 3. The molecule has 0 bridgehead atoms. The van der Waals surface area contributed by atoms with Gasteiger partial charge in [0.25, 0.3) is 0 Å². The van der Waals surface area contributed by atoms with Gasteiger partial charge in [0.2, 0.25) is 10.0 Å². The van der Waals surface area contributed by atoms with Crippen molar-refractivity contribution >= 4 is 15.7 Å². The maximum atomic E-state index is 13.5. The van der Waals surface area contributed by atoms with Crippen molar-refractivity contribution in [2.45, 2.75) is 31.1 Å². The van der Waals surface area contributed by atoms with Crippen molar-refractivity contribution in [3.8, 4) is 0 Å². The van der Waals surface area contributed by atoms with Crippen LogP contribution in [-0.4, -0.2) is 15.0 Å². The normalized spacial score (nSPS) is 18.1. The third-order valence-electron chi connectivity index (χ3n) is 3.59. The Balaban J connectivity index is 2.22. The highest BCUT2D eigenvalue weighted by atomic mass is 32.2. The maximum absolute atomic E-state index is 13.5. The molecular weight excluding hydrogens is 274 g/mol. The van der Waals surface area contributed by atoms with Gasteiger partial charge in [-0.1, -0.05) is 13.3 Å². The molecule has 1 aliphatic rings. The standard InChI is InChI=1S/C12H16F2N2O2S/c1-12(3-2-4-12)7-16-19(17,18)11-6-10(15)8(13)5-9(11)14/h5-6,16H,2-4,7,15H2,1H3. The number of nitrogens with two attached hydrogens (primary N) is 1. The number of benzene rings is 1. The zero-order valence-corrected chi connectivity index (χ0v) is 11.4.